The Morgan fingerprint density at radius 3 is 2.68 bits per heavy atom. The highest BCUT2D eigenvalue weighted by Crippen LogP contribution is 2.49. The molecule has 3 atom stereocenters. The number of rotatable bonds is 1. The van der Waals surface area contributed by atoms with Gasteiger partial charge in [0.15, 0.2) is 23.1 Å². The number of anilines is 1. The standard InChI is InChI=1S/C26H21F3N4O4/c27-17-5-4-13-16(21(17)29)10-30-11-18(28)14-2-1-3-15(22(14)30)23(13)33-20-12-37-9-8-31(20)26(36)24-25(35)19(34)6-7-32(24)33/h1-7,18,20,23,35H,8-12H2/t18?,20-,23+/m1/s1. The molecule has 2 aromatic carbocycles. The summed E-state index contributed by atoms with van der Waals surface area (Å²) in [5, 5.41) is 12.4. The van der Waals surface area contributed by atoms with Crippen LogP contribution in [0.4, 0.5) is 18.9 Å². The quantitative estimate of drug-likeness (QED) is 0.543. The van der Waals surface area contributed by atoms with Crippen molar-refractivity contribution in [3.63, 3.8) is 0 Å². The average Bonchev–Trinajstić information content (AvgIpc) is 3.15. The second kappa shape index (κ2) is 7.75. The third-order valence-electron chi connectivity index (χ3n) is 7.74. The summed E-state index contributed by atoms with van der Waals surface area (Å²) in [4.78, 5) is 29.0. The van der Waals surface area contributed by atoms with Crippen molar-refractivity contribution in [1.82, 2.24) is 9.58 Å². The first-order chi connectivity index (χ1) is 17.9. The molecular formula is C26H21F3N4O4. The van der Waals surface area contributed by atoms with Crippen LogP contribution in [0.2, 0.25) is 0 Å². The van der Waals surface area contributed by atoms with E-state index in [0.29, 0.717) is 22.4 Å². The number of alkyl halides is 1. The van der Waals surface area contributed by atoms with Gasteiger partial charge >= 0.3 is 0 Å². The fourth-order valence-electron chi connectivity index (χ4n) is 6.14. The monoisotopic (exact) mass is 510 g/mol. The second-order valence-corrected chi connectivity index (χ2v) is 9.62. The van der Waals surface area contributed by atoms with Crippen molar-refractivity contribution in [3.05, 3.63) is 92.4 Å². The Bertz CT molecular complexity index is 1540. The van der Waals surface area contributed by atoms with Crippen LogP contribution in [0.3, 0.4) is 0 Å². The molecule has 4 aliphatic rings. The van der Waals surface area contributed by atoms with E-state index in [1.54, 1.807) is 28.1 Å². The van der Waals surface area contributed by atoms with E-state index in [1.807, 2.05) is 0 Å². The molecule has 1 amide bonds. The van der Waals surface area contributed by atoms with Gasteiger partial charge in [-0.05, 0) is 11.6 Å². The van der Waals surface area contributed by atoms with Crippen molar-refractivity contribution in [2.45, 2.75) is 24.9 Å². The molecule has 11 heteroatoms. The topological polar surface area (TPSA) is 78.2 Å². The zero-order valence-corrected chi connectivity index (χ0v) is 19.4. The molecule has 37 heavy (non-hydrogen) atoms. The van der Waals surface area contributed by atoms with E-state index < -0.39 is 47.1 Å². The molecule has 0 bridgehead atoms. The predicted molar refractivity (Wildman–Crippen MR) is 126 cm³/mol. The maximum atomic E-state index is 15.4. The van der Waals surface area contributed by atoms with Crippen molar-refractivity contribution < 1.29 is 27.8 Å². The normalized spacial score (nSPS) is 23.8. The highest BCUT2D eigenvalue weighted by atomic mass is 19.2. The van der Waals surface area contributed by atoms with Gasteiger partial charge in [-0.3, -0.25) is 19.3 Å². The molecule has 0 aliphatic carbocycles. The molecule has 5 heterocycles. The Morgan fingerprint density at radius 2 is 1.84 bits per heavy atom. The van der Waals surface area contributed by atoms with Gasteiger partial charge in [-0.2, -0.15) is 0 Å². The van der Waals surface area contributed by atoms with E-state index in [-0.39, 0.29) is 44.1 Å². The lowest BCUT2D eigenvalue weighted by Crippen LogP contribution is -2.66. The molecule has 3 aromatic rings. The number of aromatic nitrogens is 1. The second-order valence-electron chi connectivity index (χ2n) is 9.62. The van der Waals surface area contributed by atoms with Gasteiger partial charge in [0.05, 0.1) is 19.8 Å². The van der Waals surface area contributed by atoms with E-state index in [2.05, 4.69) is 0 Å². The van der Waals surface area contributed by atoms with Crippen molar-refractivity contribution in [1.29, 1.82) is 0 Å². The Morgan fingerprint density at radius 1 is 1.03 bits per heavy atom. The summed E-state index contributed by atoms with van der Waals surface area (Å²) >= 11 is 0. The number of carbonyl (C=O) groups is 1. The predicted octanol–water partition coefficient (Wildman–Crippen LogP) is 2.72. The molecule has 8 nitrogen and oxygen atoms in total. The smallest absolute Gasteiger partial charge is 0.278 e. The van der Waals surface area contributed by atoms with E-state index in [9.17, 15) is 19.1 Å². The number of benzene rings is 2. The van der Waals surface area contributed by atoms with Gasteiger partial charge in [0.2, 0.25) is 5.43 Å². The number of amides is 1. The number of para-hydroxylation sites is 1. The number of aromatic hydroxyl groups is 1. The summed E-state index contributed by atoms with van der Waals surface area (Å²) in [5.74, 6) is -3.28. The van der Waals surface area contributed by atoms with Crippen molar-refractivity contribution in [3.8, 4) is 5.75 Å². The fraction of sp³-hybridized carbons (Fsp3) is 0.308. The summed E-state index contributed by atoms with van der Waals surface area (Å²) in [6, 6.07) is 8.06. The molecule has 0 saturated carbocycles. The number of ether oxygens (including phenoxy) is 1. The Hall–Kier alpha value is -3.99. The Kier molecular flexibility index (Phi) is 4.66. The van der Waals surface area contributed by atoms with Crippen molar-refractivity contribution in [2.24, 2.45) is 0 Å². The molecule has 190 valence electrons. The number of hydrogen-bond acceptors (Lipinski definition) is 6. The minimum Gasteiger partial charge on any atom is -0.502 e. The summed E-state index contributed by atoms with van der Waals surface area (Å²) in [5.41, 5.74) is 1.23. The van der Waals surface area contributed by atoms with Gasteiger partial charge in [0, 0.05) is 47.7 Å². The van der Waals surface area contributed by atoms with E-state index in [1.165, 1.54) is 21.8 Å². The zero-order valence-electron chi connectivity index (χ0n) is 19.4. The molecule has 1 N–H and O–H groups in total. The average molecular weight is 510 g/mol. The van der Waals surface area contributed by atoms with Crippen LogP contribution in [-0.2, 0) is 11.3 Å². The van der Waals surface area contributed by atoms with Gasteiger partial charge in [-0.15, -0.1) is 0 Å². The highest BCUT2D eigenvalue weighted by Gasteiger charge is 2.48. The maximum absolute atomic E-state index is 15.4. The first-order valence-corrected chi connectivity index (χ1v) is 12.0. The van der Waals surface area contributed by atoms with Crippen LogP contribution >= 0.6 is 0 Å². The summed E-state index contributed by atoms with van der Waals surface area (Å²) in [6.45, 7) is 0.506. The Balaban J connectivity index is 1.56. The third kappa shape index (κ3) is 2.94. The SMILES string of the molecule is O=C1c2c(O)c(=O)ccn2N([C@H]2c3ccc(F)c(F)c3CN3CC(F)c4cccc2c43)[C@@H]2COCCN12. The Labute approximate surface area is 208 Å². The van der Waals surface area contributed by atoms with Gasteiger partial charge in [0.1, 0.15) is 18.4 Å². The van der Waals surface area contributed by atoms with Crippen LogP contribution in [0.1, 0.15) is 45.0 Å². The van der Waals surface area contributed by atoms with Crippen molar-refractivity contribution >= 4 is 11.6 Å². The summed E-state index contributed by atoms with van der Waals surface area (Å²) in [6.07, 6.45) is -0.630. The van der Waals surface area contributed by atoms with Crippen molar-refractivity contribution in [2.75, 3.05) is 36.2 Å². The largest absolute Gasteiger partial charge is 0.502 e. The zero-order chi connectivity index (χ0) is 25.6. The van der Waals surface area contributed by atoms with Gasteiger partial charge in [-0.25, -0.2) is 13.2 Å². The summed E-state index contributed by atoms with van der Waals surface area (Å²) in [7, 11) is 0. The van der Waals surface area contributed by atoms with Crippen LogP contribution in [0, 0.1) is 11.6 Å². The first kappa shape index (κ1) is 22.2. The minimum atomic E-state index is -1.31. The van der Waals surface area contributed by atoms with Crippen LogP contribution < -0.4 is 15.3 Å². The summed E-state index contributed by atoms with van der Waals surface area (Å²) < 4.78 is 52.1. The minimum absolute atomic E-state index is 0.00430. The number of hydrogen-bond donors (Lipinski definition) is 1. The number of pyridine rings is 1. The highest BCUT2D eigenvalue weighted by molar-refractivity contribution is 5.96. The first-order valence-electron chi connectivity index (χ1n) is 12.0. The lowest BCUT2D eigenvalue weighted by Gasteiger charge is -2.51. The molecule has 7 rings (SSSR count). The molecule has 1 saturated heterocycles. The number of fused-ring (bicyclic) bond motifs is 3. The molecular weight excluding hydrogens is 489 g/mol. The van der Waals surface area contributed by atoms with E-state index in [0.717, 1.165) is 12.1 Å². The fourth-order valence-corrected chi connectivity index (χ4v) is 6.14. The van der Waals surface area contributed by atoms with Crippen LogP contribution in [-0.4, -0.2) is 53.1 Å². The lowest BCUT2D eigenvalue weighted by atomic mass is 9.91. The number of nitrogens with zero attached hydrogens (tertiary/aromatic N) is 4. The van der Waals surface area contributed by atoms with Gasteiger partial charge in [-0.1, -0.05) is 24.3 Å². The van der Waals surface area contributed by atoms with Crippen LogP contribution in [0.5, 0.6) is 5.75 Å². The molecule has 1 fully saturated rings. The number of halogens is 3. The van der Waals surface area contributed by atoms with E-state index in [4.69, 9.17) is 4.74 Å². The lowest BCUT2D eigenvalue weighted by molar-refractivity contribution is -0.0196. The third-order valence-corrected chi connectivity index (χ3v) is 7.74. The van der Waals surface area contributed by atoms with Crippen LogP contribution in [0.15, 0.2) is 47.4 Å². The molecule has 4 aliphatic heterocycles. The molecule has 1 aromatic heterocycles. The molecule has 1 unspecified atom stereocenters. The molecule has 0 spiro atoms. The van der Waals surface area contributed by atoms with Gasteiger partial charge < -0.3 is 19.6 Å². The number of morpholine rings is 1. The molecule has 0 radical (unpaired) electrons. The maximum Gasteiger partial charge on any atom is 0.278 e. The van der Waals surface area contributed by atoms with E-state index >= 15 is 8.78 Å². The van der Waals surface area contributed by atoms with Gasteiger partial charge in [0.25, 0.3) is 5.91 Å². The van der Waals surface area contributed by atoms with Crippen LogP contribution in [0.25, 0.3) is 0 Å². The number of carbonyl (C=O) groups excluding carboxylic acids is 1.